The van der Waals surface area contributed by atoms with Crippen molar-refractivity contribution in [1.29, 1.82) is 0 Å². The van der Waals surface area contributed by atoms with Gasteiger partial charge in [-0.25, -0.2) is 13.4 Å². The molecule has 0 N–H and O–H groups in total. The number of nitrogens with zero attached hydrogens (tertiary/aromatic N) is 3. The SMILES string of the molecule is O=S1(=O)CCCN1Cc1nccn1C(F)F. The van der Waals surface area contributed by atoms with Crippen molar-refractivity contribution in [2.45, 2.75) is 19.5 Å². The molecule has 1 aromatic heterocycles. The van der Waals surface area contributed by atoms with Gasteiger partial charge in [0.15, 0.2) is 0 Å². The van der Waals surface area contributed by atoms with Crippen LogP contribution in [0, 0.1) is 0 Å². The van der Waals surface area contributed by atoms with Gasteiger partial charge < -0.3 is 0 Å². The molecule has 1 fully saturated rings. The Labute approximate surface area is 91.7 Å². The van der Waals surface area contributed by atoms with Crippen LogP contribution in [0.15, 0.2) is 12.4 Å². The Bertz CT molecular complexity index is 471. The average Bonchev–Trinajstić information content (AvgIpc) is 2.74. The molecule has 2 rings (SSSR count). The molecule has 1 aliphatic rings. The summed E-state index contributed by atoms with van der Waals surface area (Å²) >= 11 is 0. The first-order valence-electron chi connectivity index (χ1n) is 4.78. The van der Waals surface area contributed by atoms with Gasteiger partial charge >= 0.3 is 6.55 Å². The van der Waals surface area contributed by atoms with E-state index in [4.69, 9.17) is 0 Å². The molecule has 0 bridgehead atoms. The lowest BCUT2D eigenvalue weighted by atomic mass is 10.4. The number of rotatable bonds is 3. The maximum Gasteiger partial charge on any atom is 0.319 e. The normalized spacial score (nSPS) is 20.7. The Balaban J connectivity index is 2.18. The molecule has 0 unspecified atom stereocenters. The van der Waals surface area contributed by atoms with E-state index in [1.54, 1.807) is 0 Å². The van der Waals surface area contributed by atoms with Crippen LogP contribution >= 0.6 is 0 Å². The second kappa shape index (κ2) is 4.10. The van der Waals surface area contributed by atoms with Gasteiger partial charge in [-0.2, -0.15) is 13.1 Å². The van der Waals surface area contributed by atoms with Gasteiger partial charge in [0.2, 0.25) is 10.0 Å². The van der Waals surface area contributed by atoms with E-state index in [-0.39, 0.29) is 18.1 Å². The van der Waals surface area contributed by atoms with Crippen LogP contribution in [0.5, 0.6) is 0 Å². The van der Waals surface area contributed by atoms with E-state index in [1.807, 2.05) is 0 Å². The maximum absolute atomic E-state index is 12.5. The highest BCUT2D eigenvalue weighted by Crippen LogP contribution is 2.19. The molecule has 0 spiro atoms. The fourth-order valence-corrected chi connectivity index (χ4v) is 3.14. The minimum absolute atomic E-state index is 0.0699. The minimum Gasteiger partial charge on any atom is -0.277 e. The molecule has 5 nitrogen and oxygen atoms in total. The zero-order valence-corrected chi connectivity index (χ0v) is 9.20. The zero-order chi connectivity index (χ0) is 11.8. The standard InChI is InChI=1S/C8H11F2N3O2S/c9-8(10)13-4-2-11-7(13)6-12-3-1-5-16(12,14)15/h2,4,8H,1,3,5-6H2. The molecule has 8 heteroatoms. The molecule has 0 saturated carbocycles. The second-order valence-corrected chi connectivity index (χ2v) is 5.62. The van der Waals surface area contributed by atoms with Crippen LogP contribution in [0.25, 0.3) is 0 Å². The average molecular weight is 251 g/mol. The molecular weight excluding hydrogens is 240 g/mol. The van der Waals surface area contributed by atoms with Crippen molar-refractivity contribution >= 4 is 10.0 Å². The fraction of sp³-hybridized carbons (Fsp3) is 0.625. The molecule has 0 radical (unpaired) electrons. The summed E-state index contributed by atoms with van der Waals surface area (Å²) in [6, 6.07) is 0. The minimum atomic E-state index is -3.27. The third kappa shape index (κ3) is 2.07. The van der Waals surface area contributed by atoms with Crippen molar-refractivity contribution in [3.05, 3.63) is 18.2 Å². The van der Waals surface area contributed by atoms with Crippen LogP contribution in [0.1, 0.15) is 18.8 Å². The first-order valence-corrected chi connectivity index (χ1v) is 6.39. The Morgan fingerprint density at radius 3 is 2.81 bits per heavy atom. The van der Waals surface area contributed by atoms with E-state index in [9.17, 15) is 17.2 Å². The number of sulfonamides is 1. The molecule has 2 heterocycles. The van der Waals surface area contributed by atoms with Crippen molar-refractivity contribution in [3.8, 4) is 0 Å². The van der Waals surface area contributed by atoms with Crippen molar-refractivity contribution in [2.24, 2.45) is 0 Å². The van der Waals surface area contributed by atoms with Crippen LogP contribution in [-0.4, -0.2) is 34.6 Å². The lowest BCUT2D eigenvalue weighted by molar-refractivity contribution is 0.0656. The van der Waals surface area contributed by atoms with Crippen LogP contribution in [0.4, 0.5) is 8.78 Å². The van der Waals surface area contributed by atoms with Crippen molar-refractivity contribution in [3.63, 3.8) is 0 Å². The van der Waals surface area contributed by atoms with Gasteiger partial charge in [0.05, 0.1) is 12.3 Å². The summed E-state index contributed by atoms with van der Waals surface area (Å²) in [4.78, 5) is 3.74. The van der Waals surface area contributed by atoms with E-state index >= 15 is 0 Å². The van der Waals surface area contributed by atoms with E-state index in [0.717, 1.165) is 6.20 Å². The van der Waals surface area contributed by atoms with Crippen molar-refractivity contribution in [2.75, 3.05) is 12.3 Å². The number of aromatic nitrogens is 2. The quantitative estimate of drug-likeness (QED) is 0.799. The third-order valence-corrected chi connectivity index (χ3v) is 4.38. The van der Waals surface area contributed by atoms with Gasteiger partial charge in [0.25, 0.3) is 0 Å². The van der Waals surface area contributed by atoms with Crippen molar-refractivity contribution in [1.82, 2.24) is 13.9 Å². The van der Waals surface area contributed by atoms with Crippen LogP contribution in [0.3, 0.4) is 0 Å². The molecular formula is C8H11F2N3O2S. The van der Waals surface area contributed by atoms with Gasteiger partial charge in [-0.1, -0.05) is 0 Å². The molecule has 0 amide bonds. The summed E-state index contributed by atoms with van der Waals surface area (Å²) in [6.07, 6.45) is 2.92. The van der Waals surface area contributed by atoms with Crippen LogP contribution < -0.4 is 0 Å². The predicted octanol–water partition coefficient (Wildman–Crippen LogP) is 0.814. The monoisotopic (exact) mass is 251 g/mol. The molecule has 90 valence electrons. The molecule has 0 aromatic carbocycles. The number of hydrogen-bond donors (Lipinski definition) is 0. The Kier molecular flexibility index (Phi) is 2.94. The van der Waals surface area contributed by atoms with Crippen molar-refractivity contribution < 1.29 is 17.2 Å². The summed E-state index contributed by atoms with van der Waals surface area (Å²) in [5.41, 5.74) is 0. The molecule has 1 saturated heterocycles. The van der Waals surface area contributed by atoms with Gasteiger partial charge in [0.1, 0.15) is 5.82 Å². The summed E-state index contributed by atoms with van der Waals surface area (Å²) in [7, 11) is -3.27. The number of hydrogen-bond acceptors (Lipinski definition) is 3. The number of alkyl halides is 2. The number of halogens is 2. The highest BCUT2D eigenvalue weighted by molar-refractivity contribution is 7.89. The first kappa shape index (κ1) is 11.5. The summed E-state index contributed by atoms with van der Waals surface area (Å²) in [6.45, 7) is -2.40. The fourth-order valence-electron chi connectivity index (χ4n) is 1.67. The molecule has 16 heavy (non-hydrogen) atoms. The molecule has 1 aliphatic heterocycles. The van der Waals surface area contributed by atoms with E-state index < -0.39 is 16.6 Å². The largest absolute Gasteiger partial charge is 0.319 e. The Hall–Kier alpha value is -1.02. The third-order valence-electron chi connectivity index (χ3n) is 2.48. The lowest BCUT2D eigenvalue weighted by Gasteiger charge is -2.14. The first-order chi connectivity index (χ1) is 7.50. The summed E-state index contributed by atoms with van der Waals surface area (Å²) in [5, 5.41) is 0. The van der Waals surface area contributed by atoms with Crippen LogP contribution in [0.2, 0.25) is 0 Å². The molecule has 0 atom stereocenters. The van der Waals surface area contributed by atoms with E-state index in [1.165, 1.54) is 10.5 Å². The zero-order valence-electron chi connectivity index (χ0n) is 8.38. The highest BCUT2D eigenvalue weighted by atomic mass is 32.2. The van der Waals surface area contributed by atoms with Gasteiger partial charge in [-0.15, -0.1) is 0 Å². The smallest absolute Gasteiger partial charge is 0.277 e. The molecule has 1 aromatic rings. The van der Waals surface area contributed by atoms with E-state index in [0.29, 0.717) is 17.5 Å². The summed E-state index contributed by atoms with van der Waals surface area (Å²) < 4.78 is 49.8. The Morgan fingerprint density at radius 2 is 2.25 bits per heavy atom. The second-order valence-electron chi connectivity index (χ2n) is 3.53. The number of imidazole rings is 1. The summed E-state index contributed by atoms with van der Waals surface area (Å²) in [5.74, 6) is 0.156. The van der Waals surface area contributed by atoms with E-state index in [2.05, 4.69) is 4.98 Å². The Morgan fingerprint density at radius 1 is 1.50 bits per heavy atom. The van der Waals surface area contributed by atoms with Gasteiger partial charge in [-0.3, -0.25) is 4.57 Å². The van der Waals surface area contributed by atoms with Gasteiger partial charge in [0, 0.05) is 18.9 Å². The highest BCUT2D eigenvalue weighted by Gasteiger charge is 2.29. The topological polar surface area (TPSA) is 55.2 Å². The lowest BCUT2D eigenvalue weighted by Crippen LogP contribution is -2.27. The predicted molar refractivity (Wildman–Crippen MR) is 52.3 cm³/mol. The molecule has 0 aliphatic carbocycles. The van der Waals surface area contributed by atoms with Gasteiger partial charge in [-0.05, 0) is 6.42 Å². The van der Waals surface area contributed by atoms with Crippen LogP contribution in [-0.2, 0) is 16.6 Å². The maximum atomic E-state index is 12.5.